The number of hydrogen-bond acceptors (Lipinski definition) is 2. The summed E-state index contributed by atoms with van der Waals surface area (Å²) < 4.78 is 8.17. The van der Waals surface area contributed by atoms with Crippen molar-refractivity contribution in [2.75, 3.05) is 13.1 Å². The Morgan fingerprint density at radius 1 is 1.35 bits per heavy atom. The highest BCUT2D eigenvalue weighted by atomic mass is 16.5. The lowest BCUT2D eigenvalue weighted by Crippen LogP contribution is -2.19. The van der Waals surface area contributed by atoms with E-state index in [1.54, 1.807) is 0 Å². The summed E-state index contributed by atoms with van der Waals surface area (Å²) in [5, 5.41) is 4.57. The second-order valence-corrected chi connectivity index (χ2v) is 4.80. The summed E-state index contributed by atoms with van der Waals surface area (Å²) in [6.45, 7) is 4.16. The van der Waals surface area contributed by atoms with Crippen molar-refractivity contribution in [2.24, 2.45) is 7.05 Å². The molecule has 2 aromatic rings. The van der Waals surface area contributed by atoms with Gasteiger partial charge in [-0.05, 0) is 44.2 Å². The second kappa shape index (κ2) is 4.08. The molecule has 1 N–H and O–H groups in total. The van der Waals surface area contributed by atoms with Crippen LogP contribution in [0.5, 0.6) is 5.75 Å². The van der Waals surface area contributed by atoms with Gasteiger partial charge in [0.25, 0.3) is 0 Å². The summed E-state index contributed by atoms with van der Waals surface area (Å²) in [6, 6.07) is 8.55. The van der Waals surface area contributed by atoms with E-state index in [0.717, 1.165) is 25.3 Å². The minimum atomic E-state index is 0.331. The minimum Gasteiger partial charge on any atom is -0.489 e. The van der Waals surface area contributed by atoms with Gasteiger partial charge < -0.3 is 14.6 Å². The third-order valence-electron chi connectivity index (χ3n) is 3.57. The van der Waals surface area contributed by atoms with Gasteiger partial charge >= 0.3 is 0 Å². The van der Waals surface area contributed by atoms with Gasteiger partial charge in [-0.15, -0.1) is 0 Å². The highest BCUT2D eigenvalue weighted by Gasteiger charge is 2.16. The maximum absolute atomic E-state index is 5.96. The first-order valence-electron chi connectivity index (χ1n) is 6.17. The Bertz CT molecular complexity index is 538. The molecule has 1 aromatic carbocycles. The van der Waals surface area contributed by atoms with Crippen LogP contribution in [-0.2, 0) is 7.05 Å². The molecule has 3 heteroatoms. The van der Waals surface area contributed by atoms with E-state index in [1.165, 1.54) is 16.6 Å². The predicted octanol–water partition coefficient (Wildman–Crippen LogP) is 2.23. The van der Waals surface area contributed by atoms with E-state index in [-0.39, 0.29) is 0 Å². The smallest absolute Gasteiger partial charge is 0.120 e. The number of aryl methyl sites for hydroxylation is 2. The number of ether oxygens (including phenoxy) is 1. The zero-order valence-electron chi connectivity index (χ0n) is 10.4. The Morgan fingerprint density at radius 3 is 3.00 bits per heavy atom. The Morgan fingerprint density at radius 2 is 2.24 bits per heavy atom. The van der Waals surface area contributed by atoms with Crippen molar-refractivity contribution < 1.29 is 4.74 Å². The third kappa shape index (κ3) is 1.91. The standard InChI is InChI=1S/C14H18N2O/c1-10-7-11-8-12(3-4-14(11)16(10)2)17-13-5-6-15-9-13/h3-4,7-8,13,15H,5-6,9H2,1-2H3. The molecule has 90 valence electrons. The first-order chi connectivity index (χ1) is 8.24. The molecule has 17 heavy (non-hydrogen) atoms. The van der Waals surface area contributed by atoms with Crippen molar-refractivity contribution >= 4 is 10.9 Å². The van der Waals surface area contributed by atoms with Crippen LogP contribution in [0.1, 0.15) is 12.1 Å². The van der Waals surface area contributed by atoms with Crippen LogP contribution in [0.15, 0.2) is 24.3 Å². The molecule has 0 spiro atoms. The van der Waals surface area contributed by atoms with Crippen molar-refractivity contribution in [1.82, 2.24) is 9.88 Å². The molecule has 1 aliphatic heterocycles. The van der Waals surface area contributed by atoms with Gasteiger partial charge in [0.1, 0.15) is 11.9 Å². The Kier molecular flexibility index (Phi) is 2.56. The third-order valence-corrected chi connectivity index (χ3v) is 3.57. The zero-order valence-corrected chi connectivity index (χ0v) is 10.4. The van der Waals surface area contributed by atoms with Crippen molar-refractivity contribution in [2.45, 2.75) is 19.4 Å². The van der Waals surface area contributed by atoms with Crippen molar-refractivity contribution in [3.8, 4) is 5.75 Å². The van der Waals surface area contributed by atoms with Gasteiger partial charge in [0, 0.05) is 30.2 Å². The van der Waals surface area contributed by atoms with Crippen LogP contribution in [0.3, 0.4) is 0 Å². The topological polar surface area (TPSA) is 26.2 Å². The normalized spacial score (nSPS) is 20.0. The summed E-state index contributed by atoms with van der Waals surface area (Å²) in [5.41, 5.74) is 2.54. The number of rotatable bonds is 2. The van der Waals surface area contributed by atoms with Gasteiger partial charge in [-0.3, -0.25) is 0 Å². The Balaban J connectivity index is 1.90. The molecule has 0 radical (unpaired) electrons. The molecule has 1 aliphatic rings. The van der Waals surface area contributed by atoms with Crippen LogP contribution in [0.25, 0.3) is 10.9 Å². The zero-order chi connectivity index (χ0) is 11.8. The molecule has 3 nitrogen and oxygen atoms in total. The number of benzene rings is 1. The van der Waals surface area contributed by atoms with Crippen LogP contribution in [0.4, 0.5) is 0 Å². The van der Waals surface area contributed by atoms with E-state index >= 15 is 0 Å². The van der Waals surface area contributed by atoms with Crippen molar-refractivity contribution in [1.29, 1.82) is 0 Å². The summed E-state index contributed by atoms with van der Waals surface area (Å²) in [4.78, 5) is 0. The quantitative estimate of drug-likeness (QED) is 0.856. The fourth-order valence-electron chi connectivity index (χ4n) is 2.46. The predicted molar refractivity (Wildman–Crippen MR) is 69.6 cm³/mol. The van der Waals surface area contributed by atoms with Gasteiger partial charge in [0.2, 0.25) is 0 Å². The lowest BCUT2D eigenvalue weighted by molar-refractivity contribution is 0.223. The molecule has 3 rings (SSSR count). The van der Waals surface area contributed by atoms with Crippen LogP contribution < -0.4 is 10.1 Å². The molecule has 1 atom stereocenters. The fraction of sp³-hybridized carbons (Fsp3) is 0.429. The Labute approximate surface area is 101 Å². The molecule has 1 saturated heterocycles. The SMILES string of the molecule is Cc1cc2cc(OC3CCNC3)ccc2n1C. The average Bonchev–Trinajstić information content (AvgIpc) is 2.89. The van der Waals surface area contributed by atoms with Crippen LogP contribution in [0.2, 0.25) is 0 Å². The van der Waals surface area contributed by atoms with Crippen LogP contribution >= 0.6 is 0 Å². The molecular formula is C14H18N2O. The van der Waals surface area contributed by atoms with Gasteiger partial charge in [0.05, 0.1) is 0 Å². The fourth-order valence-corrected chi connectivity index (χ4v) is 2.46. The minimum absolute atomic E-state index is 0.331. The molecule has 1 unspecified atom stereocenters. The highest BCUT2D eigenvalue weighted by molar-refractivity contribution is 5.82. The van der Waals surface area contributed by atoms with E-state index in [2.05, 4.69) is 48.1 Å². The summed E-state index contributed by atoms with van der Waals surface area (Å²) in [6.07, 6.45) is 1.43. The van der Waals surface area contributed by atoms with Crippen molar-refractivity contribution in [3.05, 3.63) is 30.0 Å². The van der Waals surface area contributed by atoms with Gasteiger partial charge in [-0.1, -0.05) is 0 Å². The lowest BCUT2D eigenvalue weighted by atomic mass is 10.2. The summed E-state index contributed by atoms with van der Waals surface area (Å²) >= 11 is 0. The number of fused-ring (bicyclic) bond motifs is 1. The van der Waals surface area contributed by atoms with Gasteiger partial charge in [-0.25, -0.2) is 0 Å². The maximum Gasteiger partial charge on any atom is 0.120 e. The Hall–Kier alpha value is -1.48. The molecule has 1 fully saturated rings. The number of aromatic nitrogens is 1. The first kappa shape index (κ1) is 10.7. The van der Waals surface area contributed by atoms with E-state index < -0.39 is 0 Å². The maximum atomic E-state index is 5.96. The van der Waals surface area contributed by atoms with Crippen LogP contribution in [0, 0.1) is 6.92 Å². The van der Waals surface area contributed by atoms with Gasteiger partial charge in [-0.2, -0.15) is 0 Å². The van der Waals surface area contributed by atoms with Gasteiger partial charge in [0.15, 0.2) is 0 Å². The molecule has 0 aliphatic carbocycles. The van der Waals surface area contributed by atoms with E-state index in [4.69, 9.17) is 4.74 Å². The molecule has 0 amide bonds. The molecule has 0 saturated carbocycles. The van der Waals surface area contributed by atoms with Crippen LogP contribution in [-0.4, -0.2) is 23.8 Å². The van der Waals surface area contributed by atoms with E-state index in [0.29, 0.717) is 6.10 Å². The highest BCUT2D eigenvalue weighted by Crippen LogP contribution is 2.24. The lowest BCUT2D eigenvalue weighted by Gasteiger charge is -2.12. The molecule has 0 bridgehead atoms. The number of nitrogens with one attached hydrogen (secondary N) is 1. The first-order valence-corrected chi connectivity index (χ1v) is 6.17. The monoisotopic (exact) mass is 230 g/mol. The second-order valence-electron chi connectivity index (χ2n) is 4.80. The molecule has 1 aromatic heterocycles. The van der Waals surface area contributed by atoms with E-state index in [9.17, 15) is 0 Å². The number of hydrogen-bond donors (Lipinski definition) is 1. The average molecular weight is 230 g/mol. The van der Waals surface area contributed by atoms with Crippen molar-refractivity contribution in [3.63, 3.8) is 0 Å². The number of nitrogens with zero attached hydrogens (tertiary/aromatic N) is 1. The van der Waals surface area contributed by atoms with E-state index in [1.807, 2.05) is 0 Å². The largest absolute Gasteiger partial charge is 0.489 e. The molecule has 2 heterocycles. The molecular weight excluding hydrogens is 212 g/mol. The summed E-state index contributed by atoms with van der Waals surface area (Å²) in [5.74, 6) is 0.983. The summed E-state index contributed by atoms with van der Waals surface area (Å²) in [7, 11) is 2.10.